The van der Waals surface area contributed by atoms with Gasteiger partial charge in [0.05, 0.1) is 11.1 Å². The summed E-state index contributed by atoms with van der Waals surface area (Å²) < 4.78 is 80.1. The lowest BCUT2D eigenvalue weighted by Crippen LogP contribution is -2.40. The zero-order chi connectivity index (χ0) is 23.1. The highest BCUT2D eigenvalue weighted by Crippen LogP contribution is 2.42. The average Bonchev–Trinajstić information content (AvgIpc) is 2.72. The molecule has 1 aliphatic rings. The first-order chi connectivity index (χ1) is 15.0. The third-order valence-electron chi connectivity index (χ3n) is 5.45. The second-order valence-electron chi connectivity index (χ2n) is 7.82. The van der Waals surface area contributed by atoms with E-state index in [9.17, 15) is 26.3 Å². The summed E-state index contributed by atoms with van der Waals surface area (Å²) >= 11 is 0. The van der Waals surface area contributed by atoms with Crippen LogP contribution in [0, 0.1) is 0 Å². The monoisotopic (exact) mass is 455 g/mol. The van der Waals surface area contributed by atoms with Crippen molar-refractivity contribution >= 4 is 16.6 Å². The summed E-state index contributed by atoms with van der Waals surface area (Å²) in [5.41, 5.74) is -3.44. The smallest absolute Gasteiger partial charge is 0.364 e. The maximum absolute atomic E-state index is 13.7. The van der Waals surface area contributed by atoms with Crippen LogP contribution >= 0.6 is 0 Å². The molecule has 2 aromatic heterocycles. The molecule has 1 saturated heterocycles. The highest BCUT2D eigenvalue weighted by molar-refractivity contribution is 6.00. The highest BCUT2D eigenvalue weighted by Gasteiger charge is 2.39. The third-order valence-corrected chi connectivity index (χ3v) is 5.45. The summed E-state index contributed by atoms with van der Waals surface area (Å²) in [6, 6.07) is 3.07. The Bertz CT molecular complexity index is 1130. The second-order valence-corrected chi connectivity index (χ2v) is 7.82. The summed E-state index contributed by atoms with van der Waals surface area (Å²) in [6.07, 6.45) is -5.19. The van der Waals surface area contributed by atoms with E-state index >= 15 is 0 Å². The molecule has 32 heavy (non-hydrogen) atoms. The zero-order valence-electron chi connectivity index (χ0n) is 16.9. The van der Waals surface area contributed by atoms with Gasteiger partial charge >= 0.3 is 12.4 Å². The lowest BCUT2D eigenvalue weighted by molar-refractivity contribution is -0.142. The van der Waals surface area contributed by atoms with Crippen molar-refractivity contribution in [1.82, 2.24) is 20.1 Å². The average molecular weight is 455 g/mol. The van der Waals surface area contributed by atoms with Crippen molar-refractivity contribution in [1.29, 1.82) is 0 Å². The molecule has 0 unspecified atom stereocenters. The Morgan fingerprint density at radius 2 is 1.78 bits per heavy atom. The Morgan fingerprint density at radius 3 is 2.47 bits per heavy atom. The van der Waals surface area contributed by atoms with E-state index in [1.54, 1.807) is 0 Å². The van der Waals surface area contributed by atoms with Crippen molar-refractivity contribution in [3.05, 3.63) is 47.8 Å². The van der Waals surface area contributed by atoms with Crippen LogP contribution in [0.15, 0.2) is 36.7 Å². The fourth-order valence-electron chi connectivity index (χ4n) is 3.94. The fraction of sp³-hybridized carbons (Fsp3) is 0.381. The SMILES string of the molecule is CN1CCC[C@@H](Nc2nnc(-c3ccc(C(F)(F)F)cc3C(F)(F)F)c3ccncc23)C1. The van der Waals surface area contributed by atoms with Gasteiger partial charge < -0.3 is 10.2 Å². The number of pyridine rings is 1. The van der Waals surface area contributed by atoms with Crippen LogP contribution in [-0.2, 0) is 12.4 Å². The van der Waals surface area contributed by atoms with E-state index in [2.05, 4.69) is 25.4 Å². The van der Waals surface area contributed by atoms with E-state index < -0.39 is 29.0 Å². The molecule has 1 aliphatic heterocycles. The Balaban J connectivity index is 1.82. The van der Waals surface area contributed by atoms with Crippen molar-refractivity contribution in [2.75, 3.05) is 25.5 Å². The van der Waals surface area contributed by atoms with Gasteiger partial charge in [0.1, 0.15) is 5.69 Å². The summed E-state index contributed by atoms with van der Waals surface area (Å²) in [5, 5.41) is 12.1. The van der Waals surface area contributed by atoms with Crippen molar-refractivity contribution in [2.24, 2.45) is 0 Å². The first-order valence-electron chi connectivity index (χ1n) is 9.88. The molecule has 3 aromatic rings. The number of likely N-dealkylation sites (tertiary alicyclic amines) is 1. The second kappa shape index (κ2) is 8.19. The van der Waals surface area contributed by atoms with Gasteiger partial charge in [0.25, 0.3) is 0 Å². The van der Waals surface area contributed by atoms with Crippen LogP contribution in [0.5, 0.6) is 0 Å². The van der Waals surface area contributed by atoms with Crippen molar-refractivity contribution in [3.63, 3.8) is 0 Å². The molecule has 3 heterocycles. The number of aromatic nitrogens is 3. The van der Waals surface area contributed by atoms with Crippen LogP contribution in [0.25, 0.3) is 22.0 Å². The molecule has 0 spiro atoms. The van der Waals surface area contributed by atoms with Gasteiger partial charge in [-0.15, -0.1) is 10.2 Å². The lowest BCUT2D eigenvalue weighted by Gasteiger charge is -2.30. The maximum atomic E-state index is 13.7. The van der Waals surface area contributed by atoms with Gasteiger partial charge in [-0.25, -0.2) is 0 Å². The van der Waals surface area contributed by atoms with Crippen LogP contribution in [-0.4, -0.2) is 46.3 Å². The van der Waals surface area contributed by atoms with Gasteiger partial charge in [0.2, 0.25) is 0 Å². The minimum atomic E-state index is -5.01. The first kappa shape index (κ1) is 22.3. The number of halogens is 6. The van der Waals surface area contributed by atoms with Crippen LogP contribution in [0.1, 0.15) is 24.0 Å². The van der Waals surface area contributed by atoms with E-state index in [4.69, 9.17) is 0 Å². The predicted molar refractivity (Wildman–Crippen MR) is 107 cm³/mol. The number of nitrogens with zero attached hydrogens (tertiary/aromatic N) is 4. The third kappa shape index (κ3) is 4.47. The molecule has 1 atom stereocenters. The maximum Gasteiger partial charge on any atom is 0.417 e. The van der Waals surface area contributed by atoms with Gasteiger partial charge in [0.15, 0.2) is 5.82 Å². The lowest BCUT2D eigenvalue weighted by atomic mass is 9.97. The first-order valence-corrected chi connectivity index (χ1v) is 9.88. The number of likely N-dealkylation sites (N-methyl/N-ethyl adjacent to an activating group) is 1. The molecular weight excluding hydrogens is 436 g/mol. The highest BCUT2D eigenvalue weighted by atomic mass is 19.4. The predicted octanol–water partition coefficient (Wildman–Crippen LogP) is 5.24. The van der Waals surface area contributed by atoms with E-state index in [0.717, 1.165) is 32.0 Å². The summed E-state index contributed by atoms with van der Waals surface area (Å²) in [7, 11) is 1.99. The number of benzene rings is 1. The summed E-state index contributed by atoms with van der Waals surface area (Å²) in [4.78, 5) is 6.20. The molecule has 11 heteroatoms. The van der Waals surface area contributed by atoms with Crippen LogP contribution in [0.4, 0.5) is 32.2 Å². The Kier molecular flexibility index (Phi) is 5.70. The minimum Gasteiger partial charge on any atom is -0.364 e. The number of hydrogen-bond donors (Lipinski definition) is 1. The van der Waals surface area contributed by atoms with Crippen LogP contribution in [0.2, 0.25) is 0 Å². The number of piperidine rings is 1. The fourth-order valence-corrected chi connectivity index (χ4v) is 3.94. The van der Waals surface area contributed by atoms with E-state index in [0.29, 0.717) is 22.7 Å². The zero-order valence-corrected chi connectivity index (χ0v) is 16.9. The van der Waals surface area contributed by atoms with Gasteiger partial charge in [-0.3, -0.25) is 4.98 Å². The number of nitrogens with one attached hydrogen (secondary N) is 1. The van der Waals surface area contributed by atoms with Crippen molar-refractivity contribution in [3.8, 4) is 11.3 Å². The van der Waals surface area contributed by atoms with Crippen molar-refractivity contribution < 1.29 is 26.3 Å². The molecule has 0 aliphatic carbocycles. The normalized spacial score (nSPS) is 18.2. The summed E-state index contributed by atoms with van der Waals surface area (Å²) in [5.74, 6) is 0.373. The largest absolute Gasteiger partial charge is 0.417 e. The molecule has 170 valence electrons. The van der Waals surface area contributed by atoms with Gasteiger partial charge in [-0.2, -0.15) is 26.3 Å². The Hall–Kier alpha value is -2.95. The van der Waals surface area contributed by atoms with Gasteiger partial charge in [-0.05, 0) is 44.6 Å². The number of rotatable bonds is 3. The Labute approximate surface area is 179 Å². The standard InChI is InChI=1S/C21H19F6N5/c1-32-8-2-3-13(11-32)29-19-16-10-28-7-6-14(16)18(30-31-19)15-5-4-12(20(22,23)24)9-17(15)21(25,26)27/h4-7,9-10,13H,2-3,8,11H2,1H3,(H,29,31)/t13-/m1/s1. The molecular formula is C21H19F6N5. The number of anilines is 1. The van der Waals surface area contributed by atoms with Crippen molar-refractivity contribution in [2.45, 2.75) is 31.2 Å². The molecule has 4 rings (SSSR count). The van der Waals surface area contributed by atoms with E-state index in [1.807, 2.05) is 7.05 Å². The molecule has 1 fully saturated rings. The number of alkyl halides is 6. The Morgan fingerprint density at radius 1 is 1.00 bits per heavy atom. The molecule has 0 saturated carbocycles. The molecule has 5 nitrogen and oxygen atoms in total. The van der Waals surface area contributed by atoms with Gasteiger partial charge in [0, 0.05) is 41.3 Å². The summed E-state index contributed by atoms with van der Waals surface area (Å²) in [6.45, 7) is 1.74. The molecule has 0 radical (unpaired) electrons. The van der Waals surface area contributed by atoms with Crippen LogP contribution < -0.4 is 5.32 Å². The van der Waals surface area contributed by atoms with E-state index in [-0.39, 0.29) is 17.8 Å². The number of fused-ring (bicyclic) bond motifs is 1. The molecule has 1 N–H and O–H groups in total. The van der Waals surface area contributed by atoms with E-state index in [1.165, 1.54) is 18.5 Å². The quantitative estimate of drug-likeness (QED) is 0.548. The van der Waals surface area contributed by atoms with Crippen LogP contribution in [0.3, 0.4) is 0 Å². The molecule has 0 bridgehead atoms. The molecule has 1 aromatic carbocycles. The molecule has 0 amide bonds. The van der Waals surface area contributed by atoms with Gasteiger partial charge in [-0.1, -0.05) is 6.07 Å². The topological polar surface area (TPSA) is 53.9 Å². The minimum absolute atomic E-state index is 0.0779. The number of hydrogen-bond acceptors (Lipinski definition) is 5.